The normalized spacial score (nSPS) is 18.5. The molecule has 0 spiro atoms. The lowest BCUT2D eigenvalue weighted by atomic mass is 9.84. The first kappa shape index (κ1) is 18.1. The maximum atomic E-state index is 14.1. The molecule has 1 aliphatic rings. The van der Waals surface area contributed by atoms with Crippen LogP contribution >= 0.6 is 0 Å². The number of fused-ring (bicyclic) bond motifs is 1. The number of nitrogens with zero attached hydrogens (tertiary/aromatic N) is 1. The van der Waals surface area contributed by atoms with Gasteiger partial charge in [-0.25, -0.2) is 4.39 Å². The third-order valence-electron chi connectivity index (χ3n) is 5.65. The van der Waals surface area contributed by atoms with Gasteiger partial charge in [-0.1, -0.05) is 54.6 Å². The molecule has 1 aliphatic heterocycles. The second kappa shape index (κ2) is 7.39. The Bertz CT molecular complexity index is 934. The molecule has 0 amide bonds. The smallest absolute Gasteiger partial charge is 0.129 e. The molecule has 1 fully saturated rings. The van der Waals surface area contributed by atoms with Gasteiger partial charge in [0.05, 0.1) is 11.7 Å². The van der Waals surface area contributed by atoms with E-state index in [1.54, 1.807) is 18.2 Å². The number of β-amino-alcohol motifs (C(OH)–C–C–N with tert-alkyl or cyclic N) is 1. The van der Waals surface area contributed by atoms with Gasteiger partial charge in [0.2, 0.25) is 0 Å². The Labute approximate surface area is 158 Å². The van der Waals surface area contributed by atoms with Crippen LogP contribution in [0, 0.1) is 5.82 Å². The van der Waals surface area contributed by atoms with E-state index >= 15 is 0 Å². The first-order valence-electron chi connectivity index (χ1n) is 9.42. The molecule has 1 saturated heterocycles. The van der Waals surface area contributed by atoms with Gasteiger partial charge in [0, 0.05) is 25.2 Å². The molecule has 27 heavy (non-hydrogen) atoms. The summed E-state index contributed by atoms with van der Waals surface area (Å²) in [6, 6.07) is 20.6. The van der Waals surface area contributed by atoms with Crippen molar-refractivity contribution in [2.45, 2.75) is 24.5 Å². The van der Waals surface area contributed by atoms with Crippen molar-refractivity contribution in [1.29, 1.82) is 0 Å². The summed E-state index contributed by atoms with van der Waals surface area (Å²) in [6.07, 6.45) is 0.325. The molecule has 4 heteroatoms. The molecular formula is C23H24FNO2. The maximum Gasteiger partial charge on any atom is 0.129 e. The van der Waals surface area contributed by atoms with Crippen molar-refractivity contribution in [3.05, 3.63) is 83.7 Å². The van der Waals surface area contributed by atoms with Crippen LogP contribution in [0.2, 0.25) is 0 Å². The quantitative estimate of drug-likeness (QED) is 0.735. The third kappa shape index (κ3) is 3.74. The number of aliphatic hydroxyl groups is 2. The predicted molar refractivity (Wildman–Crippen MR) is 105 cm³/mol. The van der Waals surface area contributed by atoms with Crippen molar-refractivity contribution in [2.24, 2.45) is 0 Å². The molecule has 0 aliphatic carbocycles. The van der Waals surface area contributed by atoms with Crippen LogP contribution in [0.1, 0.15) is 30.1 Å². The van der Waals surface area contributed by atoms with Gasteiger partial charge < -0.3 is 15.1 Å². The van der Waals surface area contributed by atoms with Gasteiger partial charge in [-0.3, -0.25) is 0 Å². The zero-order valence-corrected chi connectivity index (χ0v) is 15.2. The number of halogens is 1. The summed E-state index contributed by atoms with van der Waals surface area (Å²) in [6.45, 7) is 1.75. The van der Waals surface area contributed by atoms with Gasteiger partial charge in [-0.15, -0.1) is 0 Å². The van der Waals surface area contributed by atoms with Crippen LogP contribution in [0.25, 0.3) is 10.8 Å². The fraction of sp³-hybridized carbons (Fsp3) is 0.304. The summed E-state index contributed by atoms with van der Waals surface area (Å²) in [7, 11) is 0. The predicted octanol–water partition coefficient (Wildman–Crippen LogP) is 4.00. The standard InChI is InChI=1S/C23H24FNO2/c24-21-8-4-3-7-20(21)23(27)11-13-25(14-12-23)16-22(26)19-10-9-17-5-1-2-6-18(17)15-19/h1-10,15,22,26-27H,11-14,16H2/t22-/m1/s1. The second-order valence-corrected chi connectivity index (χ2v) is 7.43. The van der Waals surface area contributed by atoms with E-state index in [1.807, 2.05) is 36.4 Å². The highest BCUT2D eigenvalue weighted by Gasteiger charge is 2.36. The lowest BCUT2D eigenvalue weighted by Crippen LogP contribution is -2.44. The molecule has 3 nitrogen and oxygen atoms in total. The molecule has 3 aromatic carbocycles. The van der Waals surface area contributed by atoms with Gasteiger partial charge in [0.15, 0.2) is 0 Å². The summed E-state index contributed by atoms with van der Waals surface area (Å²) in [5, 5.41) is 23.8. The fourth-order valence-electron chi connectivity index (χ4n) is 3.98. The zero-order chi connectivity index (χ0) is 18.9. The van der Waals surface area contributed by atoms with Gasteiger partial charge in [-0.05, 0) is 41.3 Å². The molecular weight excluding hydrogens is 341 g/mol. The van der Waals surface area contributed by atoms with Crippen LogP contribution in [-0.2, 0) is 5.60 Å². The number of piperidine rings is 1. The highest BCUT2D eigenvalue weighted by molar-refractivity contribution is 5.83. The van der Waals surface area contributed by atoms with Crippen LogP contribution in [0.15, 0.2) is 66.7 Å². The molecule has 0 bridgehead atoms. The van der Waals surface area contributed by atoms with Gasteiger partial charge in [0.1, 0.15) is 5.82 Å². The number of hydrogen-bond acceptors (Lipinski definition) is 3. The Balaban J connectivity index is 1.41. The van der Waals surface area contributed by atoms with Crippen LogP contribution < -0.4 is 0 Å². The van der Waals surface area contributed by atoms with E-state index in [9.17, 15) is 14.6 Å². The molecule has 0 unspecified atom stereocenters. The van der Waals surface area contributed by atoms with Crippen molar-refractivity contribution >= 4 is 10.8 Å². The lowest BCUT2D eigenvalue weighted by molar-refractivity contribution is -0.0367. The van der Waals surface area contributed by atoms with E-state index in [4.69, 9.17) is 0 Å². The molecule has 0 radical (unpaired) electrons. The minimum atomic E-state index is -1.13. The Morgan fingerprint density at radius 3 is 2.33 bits per heavy atom. The van der Waals surface area contributed by atoms with E-state index in [0.29, 0.717) is 38.0 Å². The highest BCUT2D eigenvalue weighted by atomic mass is 19.1. The van der Waals surface area contributed by atoms with Gasteiger partial charge >= 0.3 is 0 Å². The van der Waals surface area contributed by atoms with E-state index in [0.717, 1.165) is 16.3 Å². The monoisotopic (exact) mass is 365 g/mol. The van der Waals surface area contributed by atoms with Crippen molar-refractivity contribution < 1.29 is 14.6 Å². The minimum Gasteiger partial charge on any atom is -0.387 e. The van der Waals surface area contributed by atoms with Crippen molar-refractivity contribution in [1.82, 2.24) is 4.90 Å². The van der Waals surface area contributed by atoms with Gasteiger partial charge in [0.25, 0.3) is 0 Å². The summed E-state index contributed by atoms with van der Waals surface area (Å²) in [5.41, 5.74) is 0.138. The lowest BCUT2D eigenvalue weighted by Gasteiger charge is -2.39. The summed E-state index contributed by atoms with van der Waals surface area (Å²) in [5.74, 6) is -0.357. The topological polar surface area (TPSA) is 43.7 Å². The summed E-state index contributed by atoms with van der Waals surface area (Å²) in [4.78, 5) is 2.13. The molecule has 1 atom stereocenters. The molecule has 140 valence electrons. The molecule has 3 aromatic rings. The van der Waals surface area contributed by atoms with E-state index < -0.39 is 11.7 Å². The molecule has 0 saturated carbocycles. The fourth-order valence-corrected chi connectivity index (χ4v) is 3.98. The maximum absolute atomic E-state index is 14.1. The molecule has 4 rings (SSSR count). The average molecular weight is 365 g/mol. The van der Waals surface area contributed by atoms with E-state index in [2.05, 4.69) is 11.0 Å². The Kier molecular flexibility index (Phi) is 4.96. The average Bonchev–Trinajstić information content (AvgIpc) is 2.69. The number of aliphatic hydroxyl groups excluding tert-OH is 1. The summed E-state index contributed by atoms with van der Waals surface area (Å²) < 4.78 is 14.1. The number of likely N-dealkylation sites (tertiary alicyclic amines) is 1. The summed E-state index contributed by atoms with van der Waals surface area (Å²) >= 11 is 0. The van der Waals surface area contributed by atoms with Crippen molar-refractivity contribution in [3.8, 4) is 0 Å². The minimum absolute atomic E-state index is 0.357. The molecule has 0 aromatic heterocycles. The molecule has 2 N–H and O–H groups in total. The van der Waals surface area contributed by atoms with Crippen LogP contribution in [0.5, 0.6) is 0 Å². The van der Waals surface area contributed by atoms with Crippen LogP contribution in [-0.4, -0.2) is 34.7 Å². The van der Waals surface area contributed by atoms with Crippen molar-refractivity contribution in [3.63, 3.8) is 0 Å². The first-order chi connectivity index (χ1) is 13.0. The Morgan fingerprint density at radius 1 is 0.926 bits per heavy atom. The Morgan fingerprint density at radius 2 is 1.59 bits per heavy atom. The SMILES string of the molecule is O[C@H](CN1CCC(O)(c2ccccc2F)CC1)c1ccc2ccccc2c1. The first-order valence-corrected chi connectivity index (χ1v) is 9.42. The largest absolute Gasteiger partial charge is 0.387 e. The third-order valence-corrected chi connectivity index (χ3v) is 5.65. The van der Waals surface area contributed by atoms with Crippen LogP contribution in [0.4, 0.5) is 4.39 Å². The van der Waals surface area contributed by atoms with Crippen molar-refractivity contribution in [2.75, 3.05) is 19.6 Å². The highest BCUT2D eigenvalue weighted by Crippen LogP contribution is 2.34. The number of rotatable bonds is 4. The molecule has 1 heterocycles. The van der Waals surface area contributed by atoms with Gasteiger partial charge in [-0.2, -0.15) is 0 Å². The van der Waals surface area contributed by atoms with E-state index in [-0.39, 0.29) is 5.82 Å². The number of hydrogen-bond donors (Lipinski definition) is 2. The Hall–Kier alpha value is -2.27. The second-order valence-electron chi connectivity index (χ2n) is 7.43. The van der Waals surface area contributed by atoms with E-state index in [1.165, 1.54) is 6.07 Å². The number of benzene rings is 3. The zero-order valence-electron chi connectivity index (χ0n) is 15.2. The van der Waals surface area contributed by atoms with Crippen LogP contribution in [0.3, 0.4) is 0 Å².